The van der Waals surface area contributed by atoms with E-state index in [1.54, 1.807) is 6.20 Å². The topological polar surface area (TPSA) is 61.3 Å². The molecule has 2 aliphatic rings. The van der Waals surface area contributed by atoms with Crippen LogP contribution in [0, 0.1) is 5.92 Å². The van der Waals surface area contributed by atoms with Crippen molar-refractivity contribution in [2.24, 2.45) is 10.9 Å². The maximum Gasteiger partial charge on any atom is 0.175 e. The lowest BCUT2D eigenvalue weighted by Crippen LogP contribution is -2.46. The predicted octanol–water partition coefficient (Wildman–Crippen LogP) is 3.40. The average Bonchev–Trinajstić information content (AvgIpc) is 3.41. The molecule has 2 unspecified atom stereocenters. The fraction of sp³-hybridized carbons (Fsp3) is 0.412. The van der Waals surface area contributed by atoms with Crippen LogP contribution in [0.2, 0.25) is 0 Å². The Kier molecular flexibility index (Phi) is 6.29. The molecule has 0 amide bonds. The lowest BCUT2D eigenvalue weighted by Gasteiger charge is -2.25. The molecule has 0 spiro atoms. The third-order valence-electron chi connectivity index (χ3n) is 3.99. The van der Waals surface area contributed by atoms with Gasteiger partial charge >= 0.3 is 0 Å². The van der Waals surface area contributed by atoms with Crippen molar-refractivity contribution in [3.8, 4) is 0 Å². The van der Waals surface area contributed by atoms with Gasteiger partial charge in [0.05, 0.1) is 8.53 Å². The fourth-order valence-corrected chi connectivity index (χ4v) is 3.69. The minimum Gasteiger partial charge on any atom is -0.356 e. The highest BCUT2D eigenvalue weighted by Crippen LogP contribution is 2.36. The quantitative estimate of drug-likeness (QED) is 0.232. The molecular formula is C17H21BrIN5. The minimum atomic E-state index is -0.161. The number of hydrogen-bond donors (Lipinski definition) is 3. The largest absolute Gasteiger partial charge is 0.356 e. The zero-order valence-electron chi connectivity index (χ0n) is 13.5. The number of aromatic nitrogens is 1. The smallest absolute Gasteiger partial charge is 0.175 e. The van der Waals surface area contributed by atoms with Gasteiger partial charge in [-0.3, -0.25) is 15.3 Å². The number of alkyl halides is 1. The Balaban J connectivity index is 1.53. The molecule has 3 N–H and O–H groups in total. The highest BCUT2D eigenvalue weighted by molar-refractivity contribution is 14.1. The van der Waals surface area contributed by atoms with Crippen molar-refractivity contribution in [1.82, 2.24) is 20.9 Å². The summed E-state index contributed by atoms with van der Waals surface area (Å²) in [7, 11) is 0. The molecule has 2 atom stereocenters. The predicted molar refractivity (Wildman–Crippen MR) is 110 cm³/mol. The lowest BCUT2D eigenvalue weighted by atomic mass is 10.2. The second-order valence-electron chi connectivity index (χ2n) is 6.02. The van der Waals surface area contributed by atoms with Gasteiger partial charge in [-0.2, -0.15) is 0 Å². The third-order valence-corrected chi connectivity index (χ3v) is 5.26. The maximum atomic E-state index is 4.45. The number of hydrogen-bond acceptors (Lipinski definition) is 5. The number of nitrogens with one attached hydrogen (secondary N) is 3. The SMILES string of the molecule is C/C(=C\C(I)NC1=C(Br)C=NC(NCc2cccnc2)N1)C1CC1. The van der Waals surface area contributed by atoms with Gasteiger partial charge in [0.15, 0.2) is 6.29 Å². The van der Waals surface area contributed by atoms with E-state index < -0.39 is 0 Å². The number of rotatable bonds is 7. The van der Waals surface area contributed by atoms with E-state index in [0.29, 0.717) is 6.54 Å². The monoisotopic (exact) mass is 501 g/mol. The Hall–Kier alpha value is -0.930. The van der Waals surface area contributed by atoms with E-state index >= 15 is 0 Å². The van der Waals surface area contributed by atoms with Gasteiger partial charge < -0.3 is 10.6 Å². The first-order chi connectivity index (χ1) is 11.6. The van der Waals surface area contributed by atoms with Crippen LogP contribution in [0.5, 0.6) is 0 Å². The van der Waals surface area contributed by atoms with Crippen LogP contribution in [0.4, 0.5) is 0 Å². The van der Waals surface area contributed by atoms with Crippen LogP contribution in [-0.4, -0.2) is 21.5 Å². The zero-order chi connectivity index (χ0) is 16.9. The van der Waals surface area contributed by atoms with Crippen molar-refractivity contribution in [3.63, 3.8) is 0 Å². The number of pyridine rings is 1. The normalized spacial score (nSPS) is 22.3. The van der Waals surface area contributed by atoms with Gasteiger partial charge in [0, 0.05) is 25.2 Å². The second kappa shape index (κ2) is 8.44. The Morgan fingerprint density at radius 3 is 3.08 bits per heavy atom. The molecule has 7 heteroatoms. The van der Waals surface area contributed by atoms with Gasteiger partial charge in [-0.05, 0) is 53.2 Å². The van der Waals surface area contributed by atoms with Crippen LogP contribution in [0.15, 0.2) is 51.5 Å². The number of aliphatic imine (C=N–C) groups is 1. The van der Waals surface area contributed by atoms with E-state index in [1.807, 2.05) is 24.5 Å². The van der Waals surface area contributed by atoms with E-state index in [9.17, 15) is 0 Å². The summed E-state index contributed by atoms with van der Waals surface area (Å²) in [6, 6.07) is 3.98. The van der Waals surface area contributed by atoms with E-state index in [2.05, 4.69) is 77.4 Å². The van der Waals surface area contributed by atoms with Crippen LogP contribution in [-0.2, 0) is 6.54 Å². The summed E-state index contributed by atoms with van der Waals surface area (Å²) >= 11 is 5.97. The Morgan fingerprint density at radius 2 is 2.38 bits per heavy atom. The van der Waals surface area contributed by atoms with E-state index in [1.165, 1.54) is 18.4 Å². The molecule has 128 valence electrons. The molecule has 1 aliphatic carbocycles. The highest BCUT2D eigenvalue weighted by Gasteiger charge is 2.23. The van der Waals surface area contributed by atoms with Crippen LogP contribution < -0.4 is 16.0 Å². The van der Waals surface area contributed by atoms with Gasteiger partial charge in [0.2, 0.25) is 0 Å². The fourth-order valence-electron chi connectivity index (χ4n) is 2.46. The summed E-state index contributed by atoms with van der Waals surface area (Å²) in [5.74, 6) is 1.75. The molecular weight excluding hydrogens is 481 g/mol. The van der Waals surface area contributed by atoms with Crippen molar-refractivity contribution >= 4 is 44.7 Å². The van der Waals surface area contributed by atoms with Gasteiger partial charge in [-0.25, -0.2) is 0 Å². The van der Waals surface area contributed by atoms with Crippen LogP contribution in [0.1, 0.15) is 25.3 Å². The molecule has 0 saturated heterocycles. The zero-order valence-corrected chi connectivity index (χ0v) is 17.2. The molecule has 1 saturated carbocycles. The standard InChI is InChI=1S/C17H21BrIN5/c1-11(13-4-5-13)7-15(19)23-16-14(18)10-22-17(24-16)21-9-12-3-2-6-20-8-12/h2-3,6-8,10,13,15,17,21,23-24H,4-5,9H2,1H3/b11-7+. The molecule has 1 aliphatic heterocycles. The van der Waals surface area contributed by atoms with Crippen molar-refractivity contribution in [1.29, 1.82) is 0 Å². The first-order valence-electron chi connectivity index (χ1n) is 8.02. The number of nitrogens with zero attached hydrogens (tertiary/aromatic N) is 2. The average molecular weight is 502 g/mol. The summed E-state index contributed by atoms with van der Waals surface area (Å²) < 4.78 is 1.17. The van der Waals surface area contributed by atoms with Crippen molar-refractivity contribution in [2.75, 3.05) is 0 Å². The van der Waals surface area contributed by atoms with Crippen LogP contribution in [0.3, 0.4) is 0 Å². The van der Waals surface area contributed by atoms with E-state index in [0.717, 1.165) is 21.8 Å². The highest BCUT2D eigenvalue weighted by atomic mass is 127. The Labute approximate surface area is 164 Å². The Bertz CT molecular complexity index is 654. The molecule has 0 aromatic carbocycles. The lowest BCUT2D eigenvalue weighted by molar-refractivity contribution is 0.456. The van der Waals surface area contributed by atoms with Crippen molar-refractivity contribution in [3.05, 3.63) is 52.0 Å². The molecule has 3 rings (SSSR count). The third kappa shape index (κ3) is 5.29. The first kappa shape index (κ1) is 17.9. The summed E-state index contributed by atoms with van der Waals surface area (Å²) in [6.07, 6.45) is 10.3. The second-order valence-corrected chi connectivity index (χ2v) is 8.22. The van der Waals surface area contributed by atoms with Crippen molar-refractivity contribution < 1.29 is 0 Å². The number of halogens is 2. The first-order valence-corrected chi connectivity index (χ1v) is 10.1. The summed E-state index contributed by atoms with van der Waals surface area (Å²) in [5.41, 5.74) is 2.61. The van der Waals surface area contributed by atoms with Gasteiger partial charge in [0.1, 0.15) is 5.82 Å². The van der Waals surface area contributed by atoms with Gasteiger partial charge in [-0.15, -0.1) is 0 Å². The summed E-state index contributed by atoms with van der Waals surface area (Å²) in [5, 5.41) is 10.2. The molecule has 2 heterocycles. The summed E-state index contributed by atoms with van der Waals surface area (Å²) in [6.45, 7) is 2.94. The number of allylic oxidation sites excluding steroid dienone is 2. The van der Waals surface area contributed by atoms with E-state index in [4.69, 9.17) is 0 Å². The molecule has 0 bridgehead atoms. The molecule has 1 aromatic rings. The molecule has 0 radical (unpaired) electrons. The van der Waals surface area contributed by atoms with Gasteiger partial charge in [-0.1, -0.05) is 40.3 Å². The maximum absolute atomic E-state index is 4.45. The minimum absolute atomic E-state index is 0.161. The summed E-state index contributed by atoms with van der Waals surface area (Å²) in [4.78, 5) is 8.58. The van der Waals surface area contributed by atoms with Crippen molar-refractivity contribution in [2.45, 2.75) is 36.6 Å². The van der Waals surface area contributed by atoms with Gasteiger partial charge in [0.25, 0.3) is 0 Å². The van der Waals surface area contributed by atoms with Crippen LogP contribution in [0.25, 0.3) is 0 Å². The van der Waals surface area contributed by atoms with Crippen LogP contribution >= 0.6 is 38.5 Å². The van der Waals surface area contributed by atoms with E-state index in [-0.39, 0.29) is 10.3 Å². The molecule has 24 heavy (non-hydrogen) atoms. The Morgan fingerprint density at radius 1 is 1.54 bits per heavy atom. The molecule has 1 aromatic heterocycles. The molecule has 5 nitrogen and oxygen atoms in total. The molecule has 1 fully saturated rings.